The molecule has 1 saturated heterocycles. The van der Waals surface area contributed by atoms with E-state index in [0.717, 1.165) is 24.9 Å². The van der Waals surface area contributed by atoms with Crippen LogP contribution in [-0.2, 0) is 4.79 Å². The van der Waals surface area contributed by atoms with Crippen molar-refractivity contribution in [1.29, 1.82) is 0 Å². The van der Waals surface area contributed by atoms with Gasteiger partial charge in [-0.2, -0.15) is 0 Å². The van der Waals surface area contributed by atoms with Gasteiger partial charge in [0.15, 0.2) is 0 Å². The third-order valence-corrected chi connectivity index (χ3v) is 3.07. The molecule has 1 aliphatic heterocycles. The largest absolute Gasteiger partial charge is 0.341 e. The number of rotatable bonds is 3. The maximum atomic E-state index is 11.6. The Balaban J connectivity index is 1.96. The number of nitrogens with two attached hydrogens (primary N) is 1. The summed E-state index contributed by atoms with van der Waals surface area (Å²) in [7, 11) is 0. The molecule has 0 saturated carbocycles. The number of amides is 1. The molecule has 0 aliphatic carbocycles. The highest BCUT2D eigenvalue weighted by molar-refractivity contribution is 5.76. The van der Waals surface area contributed by atoms with Crippen molar-refractivity contribution in [2.24, 2.45) is 5.73 Å². The van der Waals surface area contributed by atoms with Gasteiger partial charge in [-0.1, -0.05) is 30.3 Å². The van der Waals surface area contributed by atoms with E-state index in [1.165, 1.54) is 0 Å². The van der Waals surface area contributed by atoms with E-state index in [1.54, 1.807) is 0 Å². The van der Waals surface area contributed by atoms with Crippen molar-refractivity contribution >= 4 is 5.91 Å². The predicted octanol–water partition coefficient (Wildman–Crippen LogP) is 1.70. The van der Waals surface area contributed by atoms with Crippen LogP contribution in [0.3, 0.4) is 0 Å². The molecule has 1 aliphatic rings. The fourth-order valence-electron chi connectivity index (χ4n) is 2.10. The first-order valence-corrected chi connectivity index (χ1v) is 5.85. The van der Waals surface area contributed by atoms with Crippen LogP contribution in [0.4, 0.5) is 0 Å². The van der Waals surface area contributed by atoms with E-state index >= 15 is 0 Å². The quantitative estimate of drug-likeness (QED) is 0.839. The van der Waals surface area contributed by atoms with E-state index in [-0.39, 0.29) is 11.9 Å². The van der Waals surface area contributed by atoms with Gasteiger partial charge in [0, 0.05) is 25.6 Å². The zero-order chi connectivity index (χ0) is 11.4. The van der Waals surface area contributed by atoms with Gasteiger partial charge in [0.05, 0.1) is 0 Å². The van der Waals surface area contributed by atoms with Crippen molar-refractivity contribution < 1.29 is 4.79 Å². The SMILES string of the molecule is NC(CN1CCCCC1=O)c1ccccc1. The summed E-state index contributed by atoms with van der Waals surface area (Å²) in [6, 6.07) is 9.89. The van der Waals surface area contributed by atoms with Crippen LogP contribution in [0, 0.1) is 0 Å². The molecule has 1 atom stereocenters. The summed E-state index contributed by atoms with van der Waals surface area (Å²) in [6.45, 7) is 1.50. The Bertz CT molecular complexity index is 350. The Kier molecular flexibility index (Phi) is 3.57. The van der Waals surface area contributed by atoms with E-state index in [0.29, 0.717) is 13.0 Å². The molecule has 1 aromatic rings. The lowest BCUT2D eigenvalue weighted by Crippen LogP contribution is -2.40. The molecule has 16 heavy (non-hydrogen) atoms. The van der Waals surface area contributed by atoms with Gasteiger partial charge in [-0.25, -0.2) is 0 Å². The van der Waals surface area contributed by atoms with Crippen LogP contribution >= 0.6 is 0 Å². The lowest BCUT2D eigenvalue weighted by atomic mass is 10.1. The van der Waals surface area contributed by atoms with Crippen LogP contribution in [-0.4, -0.2) is 23.9 Å². The lowest BCUT2D eigenvalue weighted by molar-refractivity contribution is -0.133. The first-order chi connectivity index (χ1) is 7.77. The molecule has 0 radical (unpaired) electrons. The van der Waals surface area contributed by atoms with Crippen LogP contribution in [0.2, 0.25) is 0 Å². The Morgan fingerprint density at radius 2 is 2.00 bits per heavy atom. The zero-order valence-corrected chi connectivity index (χ0v) is 9.43. The maximum absolute atomic E-state index is 11.6. The zero-order valence-electron chi connectivity index (χ0n) is 9.43. The second-order valence-electron chi connectivity index (χ2n) is 4.31. The molecule has 1 aromatic carbocycles. The minimum atomic E-state index is -0.0664. The van der Waals surface area contributed by atoms with Crippen LogP contribution in [0.1, 0.15) is 30.9 Å². The van der Waals surface area contributed by atoms with Crippen molar-refractivity contribution in [2.75, 3.05) is 13.1 Å². The molecule has 3 nitrogen and oxygen atoms in total. The van der Waals surface area contributed by atoms with Gasteiger partial charge in [0.1, 0.15) is 0 Å². The summed E-state index contributed by atoms with van der Waals surface area (Å²) in [4.78, 5) is 13.5. The first kappa shape index (κ1) is 11.1. The number of piperidine rings is 1. The molecule has 2 N–H and O–H groups in total. The summed E-state index contributed by atoms with van der Waals surface area (Å²) >= 11 is 0. The molecule has 1 unspecified atom stereocenters. The van der Waals surface area contributed by atoms with Gasteiger partial charge in [0.2, 0.25) is 5.91 Å². The van der Waals surface area contributed by atoms with Crippen molar-refractivity contribution in [3.05, 3.63) is 35.9 Å². The average Bonchev–Trinajstić information content (AvgIpc) is 2.33. The lowest BCUT2D eigenvalue weighted by Gasteiger charge is -2.29. The molecular weight excluding hydrogens is 200 g/mol. The molecule has 1 amide bonds. The third kappa shape index (κ3) is 2.61. The number of benzene rings is 1. The van der Waals surface area contributed by atoms with Crippen molar-refractivity contribution in [1.82, 2.24) is 4.90 Å². The van der Waals surface area contributed by atoms with Gasteiger partial charge < -0.3 is 10.6 Å². The number of carbonyl (C=O) groups is 1. The Labute approximate surface area is 96.2 Å². The van der Waals surface area contributed by atoms with Gasteiger partial charge in [-0.15, -0.1) is 0 Å². The van der Waals surface area contributed by atoms with Crippen LogP contribution in [0.25, 0.3) is 0 Å². The fraction of sp³-hybridized carbons (Fsp3) is 0.462. The highest BCUT2D eigenvalue weighted by Gasteiger charge is 2.20. The van der Waals surface area contributed by atoms with E-state index in [1.807, 2.05) is 35.2 Å². The number of hydrogen-bond donors (Lipinski definition) is 1. The van der Waals surface area contributed by atoms with Gasteiger partial charge in [0.25, 0.3) is 0 Å². The molecule has 86 valence electrons. The Morgan fingerprint density at radius 3 is 2.69 bits per heavy atom. The molecule has 0 bridgehead atoms. The molecular formula is C13H18N2O. The van der Waals surface area contributed by atoms with Crippen molar-refractivity contribution in [3.8, 4) is 0 Å². The van der Waals surface area contributed by atoms with Gasteiger partial charge >= 0.3 is 0 Å². The number of nitrogens with zero attached hydrogens (tertiary/aromatic N) is 1. The highest BCUT2D eigenvalue weighted by atomic mass is 16.2. The number of hydrogen-bond acceptors (Lipinski definition) is 2. The molecule has 2 rings (SSSR count). The third-order valence-electron chi connectivity index (χ3n) is 3.07. The van der Waals surface area contributed by atoms with Crippen molar-refractivity contribution in [2.45, 2.75) is 25.3 Å². The maximum Gasteiger partial charge on any atom is 0.222 e. The summed E-state index contributed by atoms with van der Waals surface area (Å²) in [5.41, 5.74) is 7.19. The molecule has 1 heterocycles. The molecule has 0 spiro atoms. The molecule has 0 aromatic heterocycles. The van der Waals surface area contributed by atoms with E-state index in [2.05, 4.69) is 0 Å². The topological polar surface area (TPSA) is 46.3 Å². The second-order valence-corrected chi connectivity index (χ2v) is 4.31. The normalized spacial score (nSPS) is 18.6. The minimum Gasteiger partial charge on any atom is -0.341 e. The predicted molar refractivity (Wildman–Crippen MR) is 63.8 cm³/mol. The highest BCUT2D eigenvalue weighted by Crippen LogP contribution is 2.16. The molecule has 3 heteroatoms. The smallest absolute Gasteiger partial charge is 0.222 e. The second kappa shape index (κ2) is 5.12. The van der Waals surface area contributed by atoms with Gasteiger partial charge in [-0.3, -0.25) is 4.79 Å². The summed E-state index contributed by atoms with van der Waals surface area (Å²) in [5.74, 6) is 0.248. The Hall–Kier alpha value is -1.35. The first-order valence-electron chi connectivity index (χ1n) is 5.85. The molecule has 1 fully saturated rings. The van der Waals surface area contributed by atoms with E-state index in [9.17, 15) is 4.79 Å². The fourth-order valence-corrected chi connectivity index (χ4v) is 2.10. The van der Waals surface area contributed by atoms with E-state index < -0.39 is 0 Å². The minimum absolute atomic E-state index is 0.0664. The van der Waals surface area contributed by atoms with Crippen molar-refractivity contribution in [3.63, 3.8) is 0 Å². The van der Waals surface area contributed by atoms with Crippen LogP contribution < -0.4 is 5.73 Å². The average molecular weight is 218 g/mol. The Morgan fingerprint density at radius 1 is 1.25 bits per heavy atom. The van der Waals surface area contributed by atoms with Crippen LogP contribution in [0.5, 0.6) is 0 Å². The standard InChI is InChI=1S/C13H18N2O/c14-12(11-6-2-1-3-7-11)10-15-9-5-4-8-13(15)16/h1-3,6-7,12H,4-5,8-10,14H2. The van der Waals surface area contributed by atoms with Crippen LogP contribution in [0.15, 0.2) is 30.3 Å². The number of likely N-dealkylation sites (tertiary alicyclic amines) is 1. The van der Waals surface area contributed by atoms with Gasteiger partial charge in [-0.05, 0) is 18.4 Å². The summed E-state index contributed by atoms with van der Waals surface area (Å²) in [5, 5.41) is 0. The monoisotopic (exact) mass is 218 g/mol. The summed E-state index contributed by atoms with van der Waals surface area (Å²) in [6.07, 6.45) is 2.81. The number of carbonyl (C=O) groups excluding carboxylic acids is 1. The summed E-state index contributed by atoms with van der Waals surface area (Å²) < 4.78 is 0. The van der Waals surface area contributed by atoms with E-state index in [4.69, 9.17) is 5.73 Å².